The van der Waals surface area contributed by atoms with Gasteiger partial charge in [0.1, 0.15) is 6.04 Å². The lowest BCUT2D eigenvalue weighted by Crippen LogP contribution is -2.55. The van der Waals surface area contributed by atoms with Crippen molar-refractivity contribution in [3.05, 3.63) is 0 Å². The first kappa shape index (κ1) is 13.0. The number of carboxylic acid groups (broad SMARTS) is 1. The highest BCUT2D eigenvalue weighted by molar-refractivity contribution is 5.90. The van der Waals surface area contributed by atoms with E-state index in [4.69, 9.17) is 10.8 Å². The minimum atomic E-state index is -0.938. The highest BCUT2D eigenvalue weighted by Crippen LogP contribution is 2.22. The van der Waals surface area contributed by atoms with Crippen LogP contribution in [0.5, 0.6) is 0 Å². The van der Waals surface area contributed by atoms with Crippen LogP contribution in [0.1, 0.15) is 39.5 Å². The molecule has 1 heterocycles. The van der Waals surface area contributed by atoms with Gasteiger partial charge in [0.05, 0.1) is 5.54 Å². The van der Waals surface area contributed by atoms with Crippen molar-refractivity contribution in [1.29, 1.82) is 0 Å². The second-order valence-corrected chi connectivity index (χ2v) is 4.66. The molecule has 0 saturated carbocycles. The van der Waals surface area contributed by atoms with Gasteiger partial charge in [0.2, 0.25) is 5.91 Å². The number of nitrogens with two attached hydrogens (primary N) is 1. The van der Waals surface area contributed by atoms with Crippen LogP contribution in [0.4, 0.5) is 0 Å². The van der Waals surface area contributed by atoms with E-state index in [9.17, 15) is 9.59 Å². The molecule has 16 heavy (non-hydrogen) atoms. The summed E-state index contributed by atoms with van der Waals surface area (Å²) in [4.78, 5) is 24.5. The lowest BCUT2D eigenvalue weighted by atomic mass is 9.95. The molecule has 1 aliphatic rings. The van der Waals surface area contributed by atoms with Gasteiger partial charge in [0.15, 0.2) is 0 Å². The molecule has 2 atom stereocenters. The Morgan fingerprint density at radius 1 is 1.56 bits per heavy atom. The van der Waals surface area contributed by atoms with Crippen LogP contribution >= 0.6 is 0 Å². The fourth-order valence-electron chi connectivity index (χ4n) is 2.22. The normalized spacial score (nSPS) is 24.2. The summed E-state index contributed by atoms with van der Waals surface area (Å²) in [6.07, 6.45) is 2.66. The Kier molecular flexibility index (Phi) is 3.91. The van der Waals surface area contributed by atoms with E-state index in [2.05, 4.69) is 0 Å². The van der Waals surface area contributed by atoms with Gasteiger partial charge in [-0.3, -0.25) is 4.79 Å². The summed E-state index contributed by atoms with van der Waals surface area (Å²) in [6.45, 7) is 4.14. The molecule has 0 aromatic rings. The van der Waals surface area contributed by atoms with Crippen molar-refractivity contribution in [3.63, 3.8) is 0 Å². The Bertz CT molecular complexity index is 289. The summed E-state index contributed by atoms with van der Waals surface area (Å²) in [5.74, 6) is -1.17. The Morgan fingerprint density at radius 2 is 2.19 bits per heavy atom. The van der Waals surface area contributed by atoms with Crippen molar-refractivity contribution in [3.8, 4) is 0 Å². The fraction of sp³-hybridized carbons (Fsp3) is 0.818. The van der Waals surface area contributed by atoms with Crippen molar-refractivity contribution in [2.45, 2.75) is 51.1 Å². The standard InChI is InChI=1S/C11H20N2O3/c1-3-6-11(2,12)10(16)13-7-4-5-8(13)9(14)15/h8H,3-7,12H2,1-2H3,(H,14,15). The third kappa shape index (κ3) is 2.52. The van der Waals surface area contributed by atoms with Crippen LogP contribution in [0.3, 0.4) is 0 Å². The van der Waals surface area contributed by atoms with E-state index in [1.54, 1.807) is 6.92 Å². The van der Waals surface area contributed by atoms with E-state index < -0.39 is 17.6 Å². The minimum Gasteiger partial charge on any atom is -0.480 e. The number of carboxylic acids is 1. The first-order valence-electron chi connectivity index (χ1n) is 5.73. The summed E-state index contributed by atoms with van der Waals surface area (Å²) in [7, 11) is 0. The second kappa shape index (κ2) is 4.82. The third-order valence-electron chi connectivity index (χ3n) is 3.06. The first-order valence-corrected chi connectivity index (χ1v) is 5.73. The van der Waals surface area contributed by atoms with E-state index in [0.717, 1.165) is 12.8 Å². The highest BCUT2D eigenvalue weighted by Gasteiger charge is 2.40. The van der Waals surface area contributed by atoms with E-state index in [1.807, 2.05) is 6.92 Å². The average molecular weight is 228 g/mol. The summed E-state index contributed by atoms with van der Waals surface area (Å²) in [6, 6.07) is -0.688. The van der Waals surface area contributed by atoms with Gasteiger partial charge >= 0.3 is 5.97 Å². The number of rotatable bonds is 4. The Morgan fingerprint density at radius 3 is 2.69 bits per heavy atom. The number of amides is 1. The summed E-state index contributed by atoms with van der Waals surface area (Å²) < 4.78 is 0. The van der Waals surface area contributed by atoms with Crippen LogP contribution in [0.15, 0.2) is 0 Å². The lowest BCUT2D eigenvalue weighted by Gasteiger charge is -2.31. The van der Waals surface area contributed by atoms with Crippen LogP contribution in [-0.4, -0.2) is 40.0 Å². The van der Waals surface area contributed by atoms with Crippen molar-refractivity contribution in [1.82, 2.24) is 4.90 Å². The maximum Gasteiger partial charge on any atom is 0.326 e. The van der Waals surface area contributed by atoms with Gasteiger partial charge in [0.25, 0.3) is 0 Å². The topological polar surface area (TPSA) is 83.6 Å². The largest absolute Gasteiger partial charge is 0.480 e. The van der Waals surface area contributed by atoms with Gasteiger partial charge < -0.3 is 15.7 Å². The van der Waals surface area contributed by atoms with Crippen LogP contribution in [0, 0.1) is 0 Å². The van der Waals surface area contributed by atoms with E-state index in [1.165, 1.54) is 4.90 Å². The average Bonchev–Trinajstić information content (AvgIpc) is 2.64. The molecule has 0 aromatic heterocycles. The van der Waals surface area contributed by atoms with Crippen LogP contribution in [0.25, 0.3) is 0 Å². The van der Waals surface area contributed by atoms with E-state index in [-0.39, 0.29) is 5.91 Å². The van der Waals surface area contributed by atoms with Gasteiger partial charge in [0, 0.05) is 6.54 Å². The maximum atomic E-state index is 12.1. The zero-order valence-electron chi connectivity index (χ0n) is 9.90. The highest BCUT2D eigenvalue weighted by atomic mass is 16.4. The van der Waals surface area contributed by atoms with Gasteiger partial charge in [-0.2, -0.15) is 0 Å². The number of hydrogen-bond acceptors (Lipinski definition) is 3. The molecule has 0 bridgehead atoms. The molecule has 0 aliphatic carbocycles. The van der Waals surface area contributed by atoms with Gasteiger partial charge in [-0.15, -0.1) is 0 Å². The van der Waals surface area contributed by atoms with Gasteiger partial charge in [-0.05, 0) is 26.2 Å². The molecular weight excluding hydrogens is 208 g/mol. The first-order chi connectivity index (χ1) is 7.40. The van der Waals surface area contributed by atoms with E-state index >= 15 is 0 Å². The molecule has 0 spiro atoms. The molecule has 1 saturated heterocycles. The molecule has 1 fully saturated rings. The third-order valence-corrected chi connectivity index (χ3v) is 3.06. The molecule has 5 nitrogen and oxygen atoms in total. The SMILES string of the molecule is CCCC(C)(N)C(=O)N1CCCC1C(=O)O. The smallest absolute Gasteiger partial charge is 0.326 e. The molecule has 0 radical (unpaired) electrons. The Labute approximate surface area is 95.6 Å². The van der Waals surface area contributed by atoms with Crippen LogP contribution < -0.4 is 5.73 Å². The number of carbonyl (C=O) groups is 2. The fourth-order valence-corrected chi connectivity index (χ4v) is 2.22. The molecular formula is C11H20N2O3. The molecule has 2 unspecified atom stereocenters. The summed E-state index contributed by atoms with van der Waals surface area (Å²) >= 11 is 0. The van der Waals surface area contributed by atoms with Gasteiger partial charge in [-0.1, -0.05) is 13.3 Å². The van der Waals surface area contributed by atoms with Crippen molar-refractivity contribution < 1.29 is 14.7 Å². The van der Waals surface area contributed by atoms with E-state index in [0.29, 0.717) is 19.4 Å². The zero-order chi connectivity index (χ0) is 12.3. The monoisotopic (exact) mass is 228 g/mol. The zero-order valence-corrected chi connectivity index (χ0v) is 9.90. The number of likely N-dealkylation sites (tertiary alicyclic amines) is 1. The van der Waals surface area contributed by atoms with Crippen LogP contribution in [-0.2, 0) is 9.59 Å². The molecule has 0 aromatic carbocycles. The molecule has 1 aliphatic heterocycles. The summed E-state index contributed by atoms with van der Waals surface area (Å²) in [5, 5.41) is 8.99. The molecule has 1 rings (SSSR count). The number of nitrogens with zero attached hydrogens (tertiary/aromatic N) is 1. The number of aliphatic carboxylic acids is 1. The second-order valence-electron chi connectivity index (χ2n) is 4.66. The van der Waals surface area contributed by atoms with Gasteiger partial charge in [-0.25, -0.2) is 4.79 Å². The molecule has 5 heteroatoms. The number of hydrogen-bond donors (Lipinski definition) is 2. The quantitative estimate of drug-likeness (QED) is 0.737. The van der Waals surface area contributed by atoms with Crippen molar-refractivity contribution >= 4 is 11.9 Å². The van der Waals surface area contributed by atoms with Crippen molar-refractivity contribution in [2.75, 3.05) is 6.54 Å². The van der Waals surface area contributed by atoms with Crippen molar-refractivity contribution in [2.24, 2.45) is 5.73 Å². The molecule has 92 valence electrons. The Hall–Kier alpha value is -1.10. The Balaban J connectivity index is 2.76. The van der Waals surface area contributed by atoms with Crippen LogP contribution in [0.2, 0.25) is 0 Å². The predicted molar refractivity (Wildman–Crippen MR) is 59.9 cm³/mol. The minimum absolute atomic E-state index is 0.237. The number of carbonyl (C=O) groups excluding carboxylic acids is 1. The summed E-state index contributed by atoms with van der Waals surface area (Å²) in [5.41, 5.74) is 4.99. The predicted octanol–water partition coefficient (Wildman–Crippen LogP) is 0.579. The lowest BCUT2D eigenvalue weighted by molar-refractivity contribution is -0.150. The molecule has 1 amide bonds. The maximum absolute atomic E-state index is 12.1. The molecule has 3 N–H and O–H groups in total.